The molecule has 0 unspecified atom stereocenters. The molecule has 56 valence electrons. The van der Waals surface area contributed by atoms with Gasteiger partial charge in [-0.25, -0.2) is 0 Å². The Labute approximate surface area is 124 Å². The van der Waals surface area contributed by atoms with E-state index < -0.39 is 11.9 Å². The van der Waals surface area contributed by atoms with Crippen molar-refractivity contribution in [1.29, 1.82) is 0 Å². The van der Waals surface area contributed by atoms with Crippen molar-refractivity contribution in [1.82, 2.24) is 0 Å². The van der Waals surface area contributed by atoms with Gasteiger partial charge in [-0.15, -0.1) is 0 Å². The molecule has 0 aliphatic rings. The number of carboxylic acids is 2. The maximum absolute atomic E-state index is 8.89. The van der Waals surface area contributed by atoms with Gasteiger partial charge in [-0.1, -0.05) is 0 Å². The number of aliphatic carboxylic acids is 2. The zero-order valence-corrected chi connectivity index (χ0v) is 11.0. The summed E-state index contributed by atoms with van der Waals surface area (Å²) >= 11 is 0. The van der Waals surface area contributed by atoms with Gasteiger partial charge in [0.1, 0.15) is 0 Å². The van der Waals surface area contributed by atoms with E-state index in [0.717, 1.165) is 13.8 Å². The summed E-state index contributed by atoms with van der Waals surface area (Å²) in [6, 6.07) is 0. The predicted molar refractivity (Wildman–Crippen MR) is 36.5 cm³/mol. The van der Waals surface area contributed by atoms with Crippen LogP contribution in [0.1, 0.15) is 13.8 Å². The molecule has 11 heavy (non-hydrogen) atoms. The number of carbonyl (C=O) groups excluding carboxylic acids is 2. The number of hydrogen-bond donors (Lipinski definition) is 0. The first kappa shape index (κ1) is 29.4. The van der Waals surface area contributed by atoms with Crippen molar-refractivity contribution in [2.45, 2.75) is 13.8 Å². The van der Waals surface area contributed by atoms with Crippen molar-refractivity contribution in [2.24, 2.45) is 0 Å². The van der Waals surface area contributed by atoms with Crippen LogP contribution in [-0.4, -0.2) is 92.9 Å². The molecule has 5 nitrogen and oxygen atoms in total. The Bertz CT molecular complexity index is 74.5. The van der Waals surface area contributed by atoms with E-state index in [1.807, 2.05) is 0 Å². The zero-order valence-electron chi connectivity index (χ0n) is 6.55. The van der Waals surface area contributed by atoms with Gasteiger partial charge in [-0.05, 0) is 13.8 Å². The van der Waals surface area contributed by atoms with Crippen LogP contribution in [0.2, 0.25) is 0 Å². The second kappa shape index (κ2) is 22.5. The molecule has 7 heteroatoms. The third-order valence-corrected chi connectivity index (χ3v) is 0. The minimum atomic E-state index is -1.08. The monoisotopic (exact) mass is 216 g/mol. The molecule has 0 fully saturated rings. The summed E-state index contributed by atoms with van der Waals surface area (Å²) in [5.74, 6) is -2.17. The van der Waals surface area contributed by atoms with Crippen LogP contribution in [0, 0.1) is 0 Å². The minimum Gasteiger partial charge on any atom is -0.550 e. The van der Waals surface area contributed by atoms with Gasteiger partial charge in [0.2, 0.25) is 0 Å². The van der Waals surface area contributed by atoms with E-state index in [4.69, 9.17) is 19.8 Å². The van der Waals surface area contributed by atoms with Crippen molar-refractivity contribution >= 4 is 87.4 Å². The van der Waals surface area contributed by atoms with Crippen LogP contribution >= 0.6 is 0 Å². The van der Waals surface area contributed by atoms with Crippen LogP contribution in [0.3, 0.4) is 0 Å². The van der Waals surface area contributed by atoms with Gasteiger partial charge in [-0.3, -0.25) is 0 Å². The minimum absolute atomic E-state index is 0. The molecule has 0 aliphatic heterocycles. The molecule has 0 saturated carbocycles. The van der Waals surface area contributed by atoms with E-state index in [0.29, 0.717) is 0 Å². The SMILES string of the molecule is CC(=O)[O-].CC(=O)[O-].O.[Ca+2].[Ca+2]. The van der Waals surface area contributed by atoms with Crippen LogP contribution < -0.4 is 10.2 Å². The summed E-state index contributed by atoms with van der Waals surface area (Å²) in [5, 5.41) is 17.8. The summed E-state index contributed by atoms with van der Waals surface area (Å²) in [4.78, 5) is 17.8. The van der Waals surface area contributed by atoms with Crippen LogP contribution in [0.4, 0.5) is 0 Å². The summed E-state index contributed by atoms with van der Waals surface area (Å²) in [5.41, 5.74) is 0. The fraction of sp³-hybridized carbons (Fsp3) is 0.500. The molecule has 2 N–H and O–H groups in total. The molecule has 0 bridgehead atoms. The second-order valence-corrected chi connectivity index (χ2v) is 0.983. The molecule has 0 aromatic carbocycles. The van der Waals surface area contributed by atoms with E-state index in [9.17, 15) is 0 Å². The van der Waals surface area contributed by atoms with Crippen molar-refractivity contribution in [3.05, 3.63) is 0 Å². The van der Waals surface area contributed by atoms with Crippen molar-refractivity contribution in [3.63, 3.8) is 0 Å². The Morgan fingerprint density at radius 1 is 0.909 bits per heavy atom. The first-order chi connectivity index (χ1) is 3.46. The molecule has 0 spiro atoms. The Hall–Kier alpha value is 1.42. The number of hydrogen-bond acceptors (Lipinski definition) is 4. The average molecular weight is 216 g/mol. The molecule has 0 amide bonds. The smallest absolute Gasteiger partial charge is 0.550 e. The zero-order chi connectivity index (χ0) is 7.15. The number of rotatable bonds is 0. The van der Waals surface area contributed by atoms with Crippen molar-refractivity contribution in [3.8, 4) is 0 Å². The van der Waals surface area contributed by atoms with E-state index >= 15 is 0 Å². The van der Waals surface area contributed by atoms with Gasteiger partial charge >= 0.3 is 75.5 Å². The van der Waals surface area contributed by atoms with Gasteiger partial charge in [0, 0.05) is 11.9 Å². The Morgan fingerprint density at radius 3 is 0.909 bits per heavy atom. The molecule has 0 radical (unpaired) electrons. The second-order valence-electron chi connectivity index (χ2n) is 0.983. The van der Waals surface area contributed by atoms with E-state index in [2.05, 4.69) is 0 Å². The maximum atomic E-state index is 8.89. The molecule has 0 aromatic rings. The van der Waals surface area contributed by atoms with Crippen LogP contribution in [0.5, 0.6) is 0 Å². The largest absolute Gasteiger partial charge is 2.00 e. The molecular formula is C4H8Ca2O5+2. The van der Waals surface area contributed by atoms with Gasteiger partial charge in [0.05, 0.1) is 0 Å². The molecule has 0 heterocycles. The third kappa shape index (κ3) is 503. The topological polar surface area (TPSA) is 112 Å². The van der Waals surface area contributed by atoms with Gasteiger partial charge in [0.15, 0.2) is 0 Å². The fourth-order valence-corrected chi connectivity index (χ4v) is 0. The summed E-state index contributed by atoms with van der Waals surface area (Å²) < 4.78 is 0. The molecule has 0 aromatic heterocycles. The Morgan fingerprint density at radius 2 is 0.909 bits per heavy atom. The van der Waals surface area contributed by atoms with E-state index in [1.54, 1.807) is 0 Å². The third-order valence-electron chi connectivity index (χ3n) is 0. The average Bonchev–Trinajstić information content (AvgIpc) is 1.25. The molecule has 0 saturated heterocycles. The Balaban J connectivity index is -0.0000000171. The summed E-state index contributed by atoms with van der Waals surface area (Å²) in [6.45, 7) is 1.94. The summed E-state index contributed by atoms with van der Waals surface area (Å²) in [6.07, 6.45) is 0. The van der Waals surface area contributed by atoms with E-state index in [1.165, 1.54) is 0 Å². The molecule has 0 atom stereocenters. The first-order valence-electron chi connectivity index (χ1n) is 1.82. The van der Waals surface area contributed by atoms with Crippen molar-refractivity contribution in [2.75, 3.05) is 0 Å². The van der Waals surface area contributed by atoms with Gasteiger partial charge in [0.25, 0.3) is 0 Å². The maximum Gasteiger partial charge on any atom is 2.00 e. The van der Waals surface area contributed by atoms with Crippen molar-refractivity contribution < 1.29 is 25.3 Å². The number of carboxylic acid groups (broad SMARTS) is 2. The van der Waals surface area contributed by atoms with Crippen LogP contribution in [-0.2, 0) is 9.59 Å². The van der Waals surface area contributed by atoms with Crippen LogP contribution in [0.15, 0.2) is 0 Å². The van der Waals surface area contributed by atoms with Gasteiger partial charge < -0.3 is 25.3 Å². The predicted octanol–water partition coefficient (Wildman–Crippen LogP) is -4.07. The molecular weight excluding hydrogens is 208 g/mol. The Kier molecular flexibility index (Phi) is 60.2. The normalized spacial score (nSPS) is 4.55. The quantitative estimate of drug-likeness (QED) is 0.383. The van der Waals surface area contributed by atoms with Gasteiger partial charge in [-0.2, -0.15) is 0 Å². The first-order valence-corrected chi connectivity index (χ1v) is 1.82. The standard InChI is InChI=1S/2C2H4O2.2Ca.H2O/c2*1-2(3)4;;;/h2*1H3,(H,3,4);;;1H2/q;;2*+2;/p-2. The molecule has 0 rings (SSSR count). The van der Waals surface area contributed by atoms with E-state index in [-0.39, 0.29) is 81.0 Å². The fourth-order valence-electron chi connectivity index (χ4n) is 0. The van der Waals surface area contributed by atoms with Crippen LogP contribution in [0.25, 0.3) is 0 Å². The summed E-state index contributed by atoms with van der Waals surface area (Å²) in [7, 11) is 0. The molecule has 0 aliphatic carbocycles. The number of carbonyl (C=O) groups is 2.